The van der Waals surface area contributed by atoms with E-state index in [2.05, 4.69) is 0 Å². The maximum Gasteiger partial charge on any atom is 0.177 e. The van der Waals surface area contributed by atoms with Gasteiger partial charge in [-0.15, -0.1) is 0 Å². The van der Waals surface area contributed by atoms with Crippen LogP contribution in [0.1, 0.15) is 22.6 Å². The minimum absolute atomic E-state index is 0.330. The molecule has 3 N–H and O–H groups in total. The maximum absolute atomic E-state index is 12.6. The molecule has 0 aromatic heterocycles. The van der Waals surface area contributed by atoms with Crippen molar-refractivity contribution in [1.29, 1.82) is 0 Å². The number of benzene rings is 3. The Balaban J connectivity index is 1.85. The molecule has 1 aliphatic heterocycles. The molecule has 0 radical (unpaired) electrons. The highest BCUT2D eigenvalue weighted by Gasteiger charge is 2.76. The lowest BCUT2D eigenvalue weighted by Gasteiger charge is -2.41. The normalized spacial score (nSPS) is 29.2. The summed E-state index contributed by atoms with van der Waals surface area (Å²) >= 11 is 0. The topological polar surface area (TPSA) is 97.6 Å². The summed E-state index contributed by atoms with van der Waals surface area (Å²) < 4.78 is 23.1. The molecule has 1 fully saturated rings. The fourth-order valence-electron chi connectivity index (χ4n) is 5.84. The summed E-state index contributed by atoms with van der Waals surface area (Å²) in [6.45, 7) is -0.349. The van der Waals surface area contributed by atoms with Gasteiger partial charge in [-0.25, -0.2) is 0 Å². The summed E-state index contributed by atoms with van der Waals surface area (Å²) in [6, 6.07) is 20.1. The highest BCUT2D eigenvalue weighted by atomic mass is 16.5. The number of aliphatic hydroxyl groups is 3. The van der Waals surface area contributed by atoms with Crippen LogP contribution in [0.5, 0.6) is 23.0 Å². The zero-order valence-electron chi connectivity index (χ0n) is 19.3. The number of aliphatic hydroxyl groups excluding tert-OH is 2. The molecule has 3 aromatic rings. The molecular weight excluding hydrogens is 436 g/mol. The summed E-state index contributed by atoms with van der Waals surface area (Å²) in [5, 5.41) is 34.7. The van der Waals surface area contributed by atoms with Gasteiger partial charge in [0.25, 0.3) is 0 Å². The predicted octanol–water partition coefficient (Wildman–Crippen LogP) is 2.95. The van der Waals surface area contributed by atoms with E-state index in [9.17, 15) is 15.3 Å². The van der Waals surface area contributed by atoms with Gasteiger partial charge in [-0.05, 0) is 23.3 Å². The molecule has 7 nitrogen and oxygen atoms in total. The Morgan fingerprint density at radius 3 is 2.15 bits per heavy atom. The summed E-state index contributed by atoms with van der Waals surface area (Å²) in [4.78, 5) is 0. The number of ether oxygens (including phenoxy) is 4. The van der Waals surface area contributed by atoms with Gasteiger partial charge in [-0.3, -0.25) is 0 Å². The van der Waals surface area contributed by atoms with Crippen molar-refractivity contribution in [1.82, 2.24) is 0 Å². The van der Waals surface area contributed by atoms with Crippen molar-refractivity contribution in [2.75, 3.05) is 27.9 Å². The second-order valence-electron chi connectivity index (χ2n) is 8.72. The lowest BCUT2D eigenvalue weighted by atomic mass is 9.70. The van der Waals surface area contributed by atoms with E-state index in [1.54, 1.807) is 31.4 Å². The lowest BCUT2D eigenvalue weighted by Crippen LogP contribution is -2.52. The van der Waals surface area contributed by atoms with E-state index < -0.39 is 29.1 Å². The highest BCUT2D eigenvalue weighted by molar-refractivity contribution is 5.63. The second kappa shape index (κ2) is 8.20. The molecule has 1 heterocycles. The number of hydrogen-bond acceptors (Lipinski definition) is 7. The number of methoxy groups -OCH3 is 3. The molecule has 0 unspecified atom stereocenters. The molecule has 7 heteroatoms. The number of hydrogen-bond donors (Lipinski definition) is 3. The first-order valence-electron chi connectivity index (χ1n) is 11.1. The fourth-order valence-corrected chi connectivity index (χ4v) is 5.84. The number of rotatable bonds is 6. The fraction of sp³-hybridized carbons (Fsp3) is 0.333. The van der Waals surface area contributed by atoms with Crippen LogP contribution in [0, 0.1) is 5.92 Å². The zero-order chi connectivity index (χ0) is 24.1. The molecule has 5 atom stereocenters. The van der Waals surface area contributed by atoms with Gasteiger partial charge in [0.1, 0.15) is 23.0 Å². The van der Waals surface area contributed by atoms with Crippen molar-refractivity contribution in [3.05, 3.63) is 83.4 Å². The molecule has 1 saturated carbocycles. The Labute approximate surface area is 198 Å². The first-order valence-corrected chi connectivity index (χ1v) is 11.1. The molecule has 0 saturated heterocycles. The van der Waals surface area contributed by atoms with Crippen LogP contribution in [0.15, 0.2) is 66.7 Å². The van der Waals surface area contributed by atoms with Crippen LogP contribution in [-0.4, -0.2) is 49.4 Å². The molecule has 0 bridgehead atoms. The van der Waals surface area contributed by atoms with Gasteiger partial charge in [0.05, 0.1) is 33.0 Å². The van der Waals surface area contributed by atoms with Gasteiger partial charge in [0.15, 0.2) is 11.2 Å². The molecule has 34 heavy (non-hydrogen) atoms. The Morgan fingerprint density at radius 1 is 0.882 bits per heavy atom. The Bertz CT molecular complexity index is 1180. The Kier molecular flexibility index (Phi) is 5.43. The molecular formula is C27H28O7. The molecule has 3 aromatic carbocycles. The van der Waals surface area contributed by atoms with E-state index in [4.69, 9.17) is 18.9 Å². The van der Waals surface area contributed by atoms with E-state index in [0.717, 1.165) is 5.56 Å². The minimum atomic E-state index is -1.93. The van der Waals surface area contributed by atoms with Gasteiger partial charge < -0.3 is 34.3 Å². The van der Waals surface area contributed by atoms with Crippen LogP contribution < -0.4 is 18.9 Å². The summed E-state index contributed by atoms with van der Waals surface area (Å²) in [5.41, 5.74) is -1.60. The lowest BCUT2D eigenvalue weighted by molar-refractivity contribution is -0.152. The van der Waals surface area contributed by atoms with Gasteiger partial charge >= 0.3 is 0 Å². The number of fused-ring (bicyclic) bond motifs is 3. The first-order chi connectivity index (χ1) is 16.5. The summed E-state index contributed by atoms with van der Waals surface area (Å²) in [6.07, 6.45) is -1.35. The average Bonchev–Trinajstić information content (AvgIpc) is 3.26. The third-order valence-electron chi connectivity index (χ3n) is 7.30. The average molecular weight is 465 g/mol. The van der Waals surface area contributed by atoms with Crippen molar-refractivity contribution in [3.8, 4) is 23.0 Å². The van der Waals surface area contributed by atoms with E-state index in [1.807, 2.05) is 42.5 Å². The van der Waals surface area contributed by atoms with Gasteiger partial charge in [0, 0.05) is 30.6 Å². The van der Waals surface area contributed by atoms with Crippen LogP contribution in [0.25, 0.3) is 0 Å². The van der Waals surface area contributed by atoms with Gasteiger partial charge in [-0.2, -0.15) is 0 Å². The smallest absolute Gasteiger partial charge is 0.177 e. The maximum atomic E-state index is 12.6. The molecule has 2 aliphatic rings. The van der Waals surface area contributed by atoms with Crippen molar-refractivity contribution in [3.63, 3.8) is 0 Å². The van der Waals surface area contributed by atoms with Crippen molar-refractivity contribution < 1.29 is 34.3 Å². The van der Waals surface area contributed by atoms with Crippen molar-refractivity contribution in [2.24, 2.45) is 5.92 Å². The molecule has 5 rings (SSSR count). The minimum Gasteiger partial charge on any atom is -0.497 e. The Hall–Kier alpha value is -3.26. The summed E-state index contributed by atoms with van der Waals surface area (Å²) in [5.74, 6) is 0.521. The quantitative estimate of drug-likeness (QED) is 0.516. The zero-order valence-corrected chi connectivity index (χ0v) is 19.3. The van der Waals surface area contributed by atoms with Crippen LogP contribution >= 0.6 is 0 Å². The van der Waals surface area contributed by atoms with Crippen LogP contribution in [0.3, 0.4) is 0 Å². The first kappa shape index (κ1) is 22.5. The standard InChI is InChI=1S/C27H28O7/c1-31-18-11-9-17(10-12-18)27-23(16-7-5-4-6-8-16)20(15-28)25(29)26(27,30)24-21(33-3)13-19(32-2)14-22(24)34-27/h4-14,20,23,25,28-30H,15H2,1-3H3/t20-,23-,25-,26+,27+/m1/s1. The van der Waals surface area contributed by atoms with Crippen LogP contribution in [0.2, 0.25) is 0 Å². The largest absolute Gasteiger partial charge is 0.497 e. The highest BCUT2D eigenvalue weighted by Crippen LogP contribution is 2.70. The second-order valence-corrected chi connectivity index (χ2v) is 8.72. The van der Waals surface area contributed by atoms with E-state index in [1.165, 1.54) is 14.2 Å². The van der Waals surface area contributed by atoms with Crippen LogP contribution in [-0.2, 0) is 11.2 Å². The molecule has 0 spiro atoms. The monoisotopic (exact) mass is 464 g/mol. The molecule has 1 aliphatic carbocycles. The SMILES string of the molecule is COc1ccc([C@@]23Oc4cc(OC)cc(OC)c4[C@]2(O)[C@H](O)[C@H](CO)[C@H]3c2ccccc2)cc1. The van der Waals surface area contributed by atoms with Gasteiger partial charge in [-0.1, -0.05) is 42.5 Å². The van der Waals surface area contributed by atoms with Crippen LogP contribution in [0.4, 0.5) is 0 Å². The molecule has 0 amide bonds. The van der Waals surface area contributed by atoms with Crippen molar-refractivity contribution in [2.45, 2.75) is 23.2 Å². The van der Waals surface area contributed by atoms with E-state index in [-0.39, 0.29) is 6.61 Å². The van der Waals surface area contributed by atoms with Crippen molar-refractivity contribution >= 4 is 0 Å². The third kappa shape index (κ3) is 2.81. The Morgan fingerprint density at radius 2 is 1.56 bits per heavy atom. The van der Waals surface area contributed by atoms with E-state index >= 15 is 0 Å². The van der Waals surface area contributed by atoms with Gasteiger partial charge in [0.2, 0.25) is 0 Å². The third-order valence-corrected chi connectivity index (χ3v) is 7.30. The predicted molar refractivity (Wildman–Crippen MR) is 125 cm³/mol. The van der Waals surface area contributed by atoms with E-state index in [0.29, 0.717) is 34.1 Å². The summed E-state index contributed by atoms with van der Waals surface area (Å²) in [7, 11) is 4.61. The molecule has 178 valence electrons.